The summed E-state index contributed by atoms with van der Waals surface area (Å²) in [5.41, 5.74) is 2.25. The van der Waals surface area contributed by atoms with E-state index in [9.17, 15) is 13.2 Å². The van der Waals surface area contributed by atoms with E-state index < -0.39 is 15.9 Å². The molecule has 0 heterocycles. The van der Waals surface area contributed by atoms with E-state index in [1.807, 2.05) is 5.43 Å². The fraction of sp³-hybridized carbons (Fsp3) is 0.125. The monoisotopic (exact) mass is 229 g/mol. The van der Waals surface area contributed by atoms with Gasteiger partial charge in [0.2, 0.25) is 10.0 Å². The summed E-state index contributed by atoms with van der Waals surface area (Å²) >= 11 is 0. The number of amides is 1. The molecule has 0 radical (unpaired) electrons. The van der Waals surface area contributed by atoms with Gasteiger partial charge in [-0.3, -0.25) is 10.2 Å². The second-order valence-corrected chi connectivity index (χ2v) is 4.59. The number of hydrazine groups is 1. The van der Waals surface area contributed by atoms with Gasteiger partial charge in [0.25, 0.3) is 5.91 Å². The zero-order valence-corrected chi connectivity index (χ0v) is 8.84. The van der Waals surface area contributed by atoms with E-state index >= 15 is 0 Å². The molecule has 1 aromatic carbocycles. The Morgan fingerprint density at radius 2 is 1.80 bits per heavy atom. The van der Waals surface area contributed by atoms with Crippen LogP contribution in [-0.4, -0.2) is 21.4 Å². The van der Waals surface area contributed by atoms with Gasteiger partial charge in [-0.05, 0) is 31.3 Å². The molecule has 0 aliphatic heterocycles. The minimum atomic E-state index is -3.46. The van der Waals surface area contributed by atoms with Crippen LogP contribution in [0.15, 0.2) is 29.2 Å². The van der Waals surface area contributed by atoms with Gasteiger partial charge >= 0.3 is 0 Å². The average Bonchev–Trinajstić information content (AvgIpc) is 2.28. The standard InChI is InChI=1S/C8H11N3O3S/c1-10-15(13,14)7-4-2-6(3-5-7)8(12)11-9/h2-5,10H,9H2,1H3,(H,11,12). The van der Waals surface area contributed by atoms with Crippen LogP contribution in [0.4, 0.5) is 0 Å². The summed E-state index contributed by atoms with van der Waals surface area (Å²) in [4.78, 5) is 11.1. The minimum Gasteiger partial charge on any atom is -0.290 e. The highest BCUT2D eigenvalue weighted by molar-refractivity contribution is 7.89. The minimum absolute atomic E-state index is 0.0959. The van der Waals surface area contributed by atoms with Crippen molar-refractivity contribution in [2.75, 3.05) is 7.05 Å². The second kappa shape index (κ2) is 4.39. The zero-order valence-electron chi connectivity index (χ0n) is 8.02. The zero-order chi connectivity index (χ0) is 11.5. The molecule has 4 N–H and O–H groups in total. The van der Waals surface area contributed by atoms with Crippen molar-refractivity contribution in [3.63, 3.8) is 0 Å². The Balaban J connectivity index is 3.06. The first-order valence-corrected chi connectivity index (χ1v) is 5.54. The van der Waals surface area contributed by atoms with E-state index in [1.54, 1.807) is 0 Å². The SMILES string of the molecule is CNS(=O)(=O)c1ccc(C(=O)NN)cc1. The number of carbonyl (C=O) groups is 1. The van der Waals surface area contributed by atoms with E-state index in [4.69, 9.17) is 5.84 Å². The summed E-state index contributed by atoms with van der Waals surface area (Å²) in [6.07, 6.45) is 0. The highest BCUT2D eigenvalue weighted by Gasteiger charge is 2.11. The predicted molar refractivity (Wildman–Crippen MR) is 54.3 cm³/mol. The Labute approximate surface area is 87.5 Å². The first-order chi connectivity index (χ1) is 7.01. The van der Waals surface area contributed by atoms with Crippen molar-refractivity contribution in [3.05, 3.63) is 29.8 Å². The maximum atomic E-state index is 11.3. The maximum absolute atomic E-state index is 11.3. The molecule has 6 nitrogen and oxygen atoms in total. The van der Waals surface area contributed by atoms with Gasteiger partial charge in [-0.15, -0.1) is 0 Å². The molecule has 0 aliphatic rings. The molecule has 0 aliphatic carbocycles. The van der Waals surface area contributed by atoms with Crippen LogP contribution in [0.1, 0.15) is 10.4 Å². The van der Waals surface area contributed by atoms with E-state index in [0.29, 0.717) is 5.56 Å². The van der Waals surface area contributed by atoms with Crippen LogP contribution in [0.25, 0.3) is 0 Å². The Hall–Kier alpha value is -1.44. The number of nitrogens with two attached hydrogens (primary N) is 1. The number of benzene rings is 1. The molecule has 0 saturated heterocycles. The largest absolute Gasteiger partial charge is 0.290 e. The van der Waals surface area contributed by atoms with Crippen LogP contribution < -0.4 is 16.0 Å². The van der Waals surface area contributed by atoms with Gasteiger partial charge in [-0.25, -0.2) is 19.0 Å². The molecule has 0 atom stereocenters. The molecular weight excluding hydrogens is 218 g/mol. The van der Waals surface area contributed by atoms with E-state index in [1.165, 1.54) is 31.3 Å². The Morgan fingerprint density at radius 1 is 1.27 bits per heavy atom. The molecule has 7 heteroatoms. The topological polar surface area (TPSA) is 101 Å². The predicted octanol–water partition coefficient (Wildman–Crippen LogP) is -0.802. The maximum Gasteiger partial charge on any atom is 0.265 e. The molecule has 15 heavy (non-hydrogen) atoms. The Bertz CT molecular complexity index is 453. The third-order valence-electron chi connectivity index (χ3n) is 1.83. The van der Waals surface area contributed by atoms with Gasteiger partial charge in [0.1, 0.15) is 0 Å². The van der Waals surface area contributed by atoms with Gasteiger partial charge in [-0.2, -0.15) is 0 Å². The smallest absolute Gasteiger partial charge is 0.265 e. The van der Waals surface area contributed by atoms with Crippen molar-refractivity contribution in [3.8, 4) is 0 Å². The molecule has 0 fully saturated rings. The molecule has 0 bridgehead atoms. The fourth-order valence-electron chi connectivity index (χ4n) is 0.987. The van der Waals surface area contributed by atoms with Crippen LogP contribution >= 0.6 is 0 Å². The number of nitrogen functional groups attached to an aromatic ring is 1. The van der Waals surface area contributed by atoms with Gasteiger partial charge < -0.3 is 0 Å². The van der Waals surface area contributed by atoms with E-state index in [-0.39, 0.29) is 4.90 Å². The molecule has 0 aromatic heterocycles. The number of sulfonamides is 1. The highest BCUT2D eigenvalue weighted by atomic mass is 32.2. The summed E-state index contributed by atoms with van der Waals surface area (Å²) in [6, 6.07) is 5.42. The van der Waals surface area contributed by atoms with Crippen molar-refractivity contribution in [2.45, 2.75) is 4.90 Å². The molecular formula is C8H11N3O3S. The van der Waals surface area contributed by atoms with Crippen LogP contribution in [0.3, 0.4) is 0 Å². The number of hydrogen-bond acceptors (Lipinski definition) is 4. The molecule has 82 valence electrons. The van der Waals surface area contributed by atoms with Gasteiger partial charge in [-0.1, -0.05) is 0 Å². The van der Waals surface area contributed by atoms with Crippen molar-refractivity contribution in [2.24, 2.45) is 5.84 Å². The van der Waals surface area contributed by atoms with Crippen molar-refractivity contribution in [1.82, 2.24) is 10.1 Å². The van der Waals surface area contributed by atoms with E-state index in [0.717, 1.165) is 0 Å². The normalized spacial score (nSPS) is 11.1. The summed E-state index contributed by atoms with van der Waals surface area (Å²) in [7, 11) is -2.15. The summed E-state index contributed by atoms with van der Waals surface area (Å²) in [6.45, 7) is 0. The van der Waals surface area contributed by atoms with Crippen LogP contribution in [-0.2, 0) is 10.0 Å². The number of carbonyl (C=O) groups excluding carboxylic acids is 1. The third-order valence-corrected chi connectivity index (χ3v) is 3.26. The lowest BCUT2D eigenvalue weighted by Gasteiger charge is -2.03. The lowest BCUT2D eigenvalue weighted by Crippen LogP contribution is -2.30. The molecule has 0 saturated carbocycles. The third kappa shape index (κ3) is 2.52. The lowest BCUT2D eigenvalue weighted by atomic mass is 10.2. The second-order valence-electron chi connectivity index (χ2n) is 2.71. The van der Waals surface area contributed by atoms with Gasteiger partial charge in [0.05, 0.1) is 4.90 Å². The molecule has 1 amide bonds. The first kappa shape index (κ1) is 11.6. The van der Waals surface area contributed by atoms with Crippen LogP contribution in [0, 0.1) is 0 Å². The summed E-state index contributed by atoms with van der Waals surface area (Å²) < 4.78 is 24.8. The van der Waals surface area contributed by atoms with Crippen molar-refractivity contribution in [1.29, 1.82) is 0 Å². The Morgan fingerprint density at radius 3 is 2.20 bits per heavy atom. The fourth-order valence-corrected chi connectivity index (χ4v) is 1.72. The van der Waals surface area contributed by atoms with Crippen LogP contribution in [0.5, 0.6) is 0 Å². The lowest BCUT2D eigenvalue weighted by molar-refractivity contribution is 0.0953. The summed E-state index contributed by atoms with van der Waals surface area (Å²) in [5, 5.41) is 0. The quantitative estimate of drug-likeness (QED) is 0.359. The molecule has 1 rings (SSSR count). The Kier molecular flexibility index (Phi) is 3.40. The van der Waals surface area contributed by atoms with Crippen molar-refractivity contribution >= 4 is 15.9 Å². The number of nitrogens with one attached hydrogen (secondary N) is 2. The number of hydrogen-bond donors (Lipinski definition) is 3. The summed E-state index contributed by atoms with van der Waals surface area (Å²) in [5.74, 6) is 4.45. The highest BCUT2D eigenvalue weighted by Crippen LogP contribution is 2.09. The van der Waals surface area contributed by atoms with Gasteiger partial charge in [0, 0.05) is 5.56 Å². The van der Waals surface area contributed by atoms with E-state index in [2.05, 4.69) is 4.72 Å². The van der Waals surface area contributed by atoms with Crippen molar-refractivity contribution < 1.29 is 13.2 Å². The number of rotatable bonds is 3. The van der Waals surface area contributed by atoms with Gasteiger partial charge in [0.15, 0.2) is 0 Å². The molecule has 0 unspecified atom stereocenters. The van der Waals surface area contributed by atoms with Crippen LogP contribution in [0.2, 0.25) is 0 Å². The first-order valence-electron chi connectivity index (χ1n) is 4.06. The molecule has 0 spiro atoms. The average molecular weight is 229 g/mol. The molecule has 1 aromatic rings.